The Labute approximate surface area is 110 Å². The zero-order valence-corrected chi connectivity index (χ0v) is 12.5. The van der Waals surface area contributed by atoms with Crippen molar-refractivity contribution in [3.05, 3.63) is 29.8 Å². The van der Waals surface area contributed by atoms with Crippen LogP contribution in [0.25, 0.3) is 0 Å². The van der Waals surface area contributed by atoms with Gasteiger partial charge in [0.15, 0.2) is 2.14 Å². The van der Waals surface area contributed by atoms with Crippen molar-refractivity contribution in [2.24, 2.45) is 0 Å². The van der Waals surface area contributed by atoms with E-state index < -0.39 is 0 Å². The van der Waals surface area contributed by atoms with Crippen LogP contribution in [0.2, 0.25) is 0 Å². The van der Waals surface area contributed by atoms with E-state index in [1.54, 1.807) is 0 Å². The van der Waals surface area contributed by atoms with Crippen LogP contribution in [0, 0.1) is 0 Å². The SMILES string of the molecule is CCCOc1cccc(C(Br)(Br)Br)c1. The molecule has 0 aliphatic rings. The van der Waals surface area contributed by atoms with Crippen molar-refractivity contribution in [1.82, 2.24) is 0 Å². The molecule has 4 heteroatoms. The molecule has 0 aliphatic carbocycles. The molecule has 0 atom stereocenters. The maximum atomic E-state index is 5.53. The Kier molecular flexibility index (Phi) is 4.94. The van der Waals surface area contributed by atoms with E-state index >= 15 is 0 Å². The Morgan fingerprint density at radius 1 is 1.29 bits per heavy atom. The lowest BCUT2D eigenvalue weighted by molar-refractivity contribution is 0.317. The molecular formula is C10H11Br3O. The summed E-state index contributed by atoms with van der Waals surface area (Å²) in [6.45, 7) is 2.84. The van der Waals surface area contributed by atoms with Crippen molar-refractivity contribution in [2.75, 3.05) is 6.61 Å². The molecule has 0 aliphatic heterocycles. The van der Waals surface area contributed by atoms with Crippen molar-refractivity contribution in [1.29, 1.82) is 0 Å². The van der Waals surface area contributed by atoms with Gasteiger partial charge >= 0.3 is 0 Å². The van der Waals surface area contributed by atoms with Crippen molar-refractivity contribution >= 4 is 47.8 Å². The number of alkyl halides is 3. The number of halogens is 3. The topological polar surface area (TPSA) is 9.23 Å². The van der Waals surface area contributed by atoms with Crippen LogP contribution in [-0.2, 0) is 2.14 Å². The van der Waals surface area contributed by atoms with Gasteiger partial charge in [0.05, 0.1) is 6.61 Å². The fraction of sp³-hybridized carbons (Fsp3) is 0.400. The Bertz CT molecular complexity index is 294. The lowest BCUT2D eigenvalue weighted by atomic mass is 10.2. The van der Waals surface area contributed by atoms with Gasteiger partial charge in [0.25, 0.3) is 0 Å². The highest BCUT2D eigenvalue weighted by Crippen LogP contribution is 2.44. The molecule has 0 saturated heterocycles. The van der Waals surface area contributed by atoms with E-state index in [4.69, 9.17) is 4.74 Å². The standard InChI is InChI=1S/C10H11Br3O/c1-2-6-14-9-5-3-4-8(7-9)10(11,12)13/h3-5,7H,2,6H2,1H3. The average Bonchev–Trinajstić information content (AvgIpc) is 2.14. The third-order valence-electron chi connectivity index (χ3n) is 1.63. The molecule has 14 heavy (non-hydrogen) atoms. The van der Waals surface area contributed by atoms with Crippen LogP contribution >= 0.6 is 47.8 Å². The van der Waals surface area contributed by atoms with Crippen molar-refractivity contribution < 1.29 is 4.74 Å². The first kappa shape index (κ1) is 12.5. The van der Waals surface area contributed by atoms with Crippen LogP contribution in [0.5, 0.6) is 5.75 Å². The van der Waals surface area contributed by atoms with Crippen molar-refractivity contribution in [2.45, 2.75) is 15.5 Å². The normalized spacial score (nSPS) is 11.4. The zero-order chi connectivity index (χ0) is 10.6. The quantitative estimate of drug-likeness (QED) is 0.680. The predicted octanol–water partition coefficient (Wildman–Crippen LogP) is 4.77. The van der Waals surface area contributed by atoms with E-state index in [0.29, 0.717) is 0 Å². The van der Waals surface area contributed by atoms with E-state index in [1.807, 2.05) is 24.3 Å². The Morgan fingerprint density at radius 2 is 2.00 bits per heavy atom. The third-order valence-corrected chi connectivity index (χ3v) is 3.01. The fourth-order valence-electron chi connectivity index (χ4n) is 0.982. The highest BCUT2D eigenvalue weighted by atomic mass is 80.0. The highest BCUT2D eigenvalue weighted by molar-refractivity contribution is 9.38. The Hall–Kier alpha value is 0.460. The summed E-state index contributed by atoms with van der Waals surface area (Å²) in [6.07, 6.45) is 1.02. The molecule has 1 aromatic carbocycles. The fourth-order valence-corrected chi connectivity index (χ4v) is 1.72. The first-order valence-electron chi connectivity index (χ1n) is 4.34. The van der Waals surface area contributed by atoms with Gasteiger partial charge in [0.2, 0.25) is 0 Å². The van der Waals surface area contributed by atoms with Crippen LogP contribution < -0.4 is 4.74 Å². The minimum Gasteiger partial charge on any atom is -0.494 e. The van der Waals surface area contributed by atoms with Gasteiger partial charge in [-0.3, -0.25) is 0 Å². The number of benzene rings is 1. The molecule has 0 radical (unpaired) electrons. The first-order chi connectivity index (χ1) is 6.54. The molecule has 1 rings (SSSR count). The van der Waals surface area contributed by atoms with E-state index in [1.165, 1.54) is 0 Å². The largest absolute Gasteiger partial charge is 0.494 e. The summed E-state index contributed by atoms with van der Waals surface area (Å²) >= 11 is 10.4. The van der Waals surface area contributed by atoms with Gasteiger partial charge < -0.3 is 4.74 Å². The van der Waals surface area contributed by atoms with Crippen molar-refractivity contribution in [3.8, 4) is 5.75 Å². The predicted molar refractivity (Wildman–Crippen MR) is 70.7 cm³/mol. The third kappa shape index (κ3) is 3.91. The monoisotopic (exact) mass is 384 g/mol. The molecule has 1 aromatic rings. The lowest BCUT2D eigenvalue weighted by Gasteiger charge is -2.13. The molecule has 0 fully saturated rings. The highest BCUT2D eigenvalue weighted by Gasteiger charge is 2.20. The van der Waals surface area contributed by atoms with Gasteiger partial charge in [-0.2, -0.15) is 0 Å². The van der Waals surface area contributed by atoms with Crippen LogP contribution in [0.15, 0.2) is 24.3 Å². The molecule has 0 bridgehead atoms. The molecule has 0 amide bonds. The van der Waals surface area contributed by atoms with Crippen LogP contribution in [0.1, 0.15) is 18.9 Å². The molecule has 0 spiro atoms. The minimum absolute atomic E-state index is 0.363. The van der Waals surface area contributed by atoms with Gasteiger partial charge in [0.1, 0.15) is 5.75 Å². The molecule has 0 N–H and O–H groups in total. The van der Waals surface area contributed by atoms with Crippen LogP contribution in [0.3, 0.4) is 0 Å². The lowest BCUT2D eigenvalue weighted by Crippen LogP contribution is -2.00. The zero-order valence-electron chi connectivity index (χ0n) is 7.77. The average molecular weight is 387 g/mol. The summed E-state index contributed by atoms with van der Waals surface area (Å²) in [5.41, 5.74) is 1.08. The Morgan fingerprint density at radius 3 is 2.57 bits per heavy atom. The smallest absolute Gasteiger partial charge is 0.160 e. The maximum Gasteiger partial charge on any atom is 0.160 e. The molecule has 0 unspecified atom stereocenters. The summed E-state index contributed by atoms with van der Waals surface area (Å²) in [5, 5.41) is 0. The summed E-state index contributed by atoms with van der Waals surface area (Å²) in [5.74, 6) is 0.895. The van der Waals surface area contributed by atoms with Gasteiger partial charge in [-0.1, -0.05) is 66.8 Å². The molecule has 0 saturated carbocycles. The number of hydrogen-bond donors (Lipinski definition) is 0. The summed E-state index contributed by atoms with van der Waals surface area (Å²) < 4.78 is 5.17. The van der Waals surface area contributed by atoms with E-state index in [-0.39, 0.29) is 2.14 Å². The van der Waals surface area contributed by atoms with Crippen molar-refractivity contribution in [3.63, 3.8) is 0 Å². The summed E-state index contributed by atoms with van der Waals surface area (Å²) in [7, 11) is 0. The van der Waals surface area contributed by atoms with E-state index in [0.717, 1.165) is 24.3 Å². The van der Waals surface area contributed by atoms with Gasteiger partial charge in [-0.15, -0.1) is 0 Å². The van der Waals surface area contributed by atoms with Gasteiger partial charge in [0, 0.05) is 0 Å². The first-order valence-corrected chi connectivity index (χ1v) is 6.72. The second-order valence-corrected chi connectivity index (χ2v) is 9.63. The molecule has 0 heterocycles. The molecule has 0 aromatic heterocycles. The molecule has 1 nitrogen and oxygen atoms in total. The Balaban J connectivity index is 2.79. The minimum atomic E-state index is -0.363. The van der Waals surface area contributed by atoms with Gasteiger partial charge in [-0.25, -0.2) is 0 Å². The van der Waals surface area contributed by atoms with Crippen LogP contribution in [0.4, 0.5) is 0 Å². The van der Waals surface area contributed by atoms with E-state index in [9.17, 15) is 0 Å². The number of rotatable bonds is 3. The molecular weight excluding hydrogens is 376 g/mol. The number of hydrogen-bond acceptors (Lipinski definition) is 1. The summed E-state index contributed by atoms with van der Waals surface area (Å²) in [4.78, 5) is 0. The second kappa shape index (κ2) is 5.52. The molecule has 78 valence electrons. The van der Waals surface area contributed by atoms with Gasteiger partial charge in [-0.05, 0) is 24.1 Å². The number of ether oxygens (including phenoxy) is 1. The van der Waals surface area contributed by atoms with Crippen LogP contribution in [-0.4, -0.2) is 6.61 Å². The van der Waals surface area contributed by atoms with E-state index in [2.05, 4.69) is 54.7 Å². The summed E-state index contributed by atoms with van der Waals surface area (Å²) in [6, 6.07) is 7.93. The maximum absolute atomic E-state index is 5.53. The second-order valence-electron chi connectivity index (χ2n) is 2.87.